The van der Waals surface area contributed by atoms with Gasteiger partial charge in [-0.2, -0.15) is 0 Å². The molecule has 1 aromatic heterocycles. The van der Waals surface area contributed by atoms with Gasteiger partial charge in [0, 0.05) is 4.88 Å². The Morgan fingerprint density at radius 2 is 2.60 bits per heavy atom. The lowest BCUT2D eigenvalue weighted by Gasteiger charge is -2.15. The molecule has 1 unspecified atom stereocenters. The van der Waals surface area contributed by atoms with E-state index < -0.39 is 0 Å². The van der Waals surface area contributed by atoms with E-state index in [2.05, 4.69) is 16.7 Å². The summed E-state index contributed by atoms with van der Waals surface area (Å²) >= 11 is 1.68. The minimum Gasteiger partial charge on any atom is -0.347 e. The Labute approximate surface area is 93.9 Å². The van der Waals surface area contributed by atoms with Crippen molar-refractivity contribution in [1.82, 2.24) is 10.6 Å². The van der Waals surface area contributed by atoms with Gasteiger partial charge in [0.1, 0.15) is 0 Å². The number of amides is 1. The summed E-state index contributed by atoms with van der Waals surface area (Å²) in [5.41, 5.74) is 0. The average molecular weight is 224 g/mol. The number of rotatable bonds is 3. The van der Waals surface area contributed by atoms with Crippen LogP contribution in [0.2, 0.25) is 0 Å². The molecule has 82 valence electrons. The Morgan fingerprint density at radius 3 is 3.20 bits per heavy atom. The number of hydrogen-bond acceptors (Lipinski definition) is 3. The summed E-state index contributed by atoms with van der Waals surface area (Å²) in [6.45, 7) is 2.99. The SMILES string of the molecule is CC(NC(=O)[C@@H]1CCCN1)c1cccs1. The summed E-state index contributed by atoms with van der Waals surface area (Å²) in [5.74, 6) is 0.133. The zero-order chi connectivity index (χ0) is 10.7. The van der Waals surface area contributed by atoms with Crippen molar-refractivity contribution in [2.75, 3.05) is 6.54 Å². The Balaban J connectivity index is 1.88. The molecule has 4 heteroatoms. The van der Waals surface area contributed by atoms with Crippen molar-refractivity contribution in [3.8, 4) is 0 Å². The number of thiophene rings is 1. The maximum Gasteiger partial charge on any atom is 0.237 e. The highest BCUT2D eigenvalue weighted by molar-refractivity contribution is 7.10. The fourth-order valence-electron chi connectivity index (χ4n) is 1.83. The molecule has 0 bridgehead atoms. The fourth-order valence-corrected chi connectivity index (χ4v) is 2.57. The summed E-state index contributed by atoms with van der Waals surface area (Å²) in [6.07, 6.45) is 2.06. The monoisotopic (exact) mass is 224 g/mol. The molecule has 2 heterocycles. The van der Waals surface area contributed by atoms with Crippen LogP contribution in [0.15, 0.2) is 17.5 Å². The molecule has 1 aromatic rings. The molecule has 1 aliphatic heterocycles. The van der Waals surface area contributed by atoms with Crippen molar-refractivity contribution in [1.29, 1.82) is 0 Å². The van der Waals surface area contributed by atoms with E-state index in [1.807, 2.05) is 18.4 Å². The lowest BCUT2D eigenvalue weighted by atomic mass is 10.2. The van der Waals surface area contributed by atoms with Crippen molar-refractivity contribution < 1.29 is 4.79 Å². The van der Waals surface area contributed by atoms with Crippen molar-refractivity contribution in [3.63, 3.8) is 0 Å². The van der Waals surface area contributed by atoms with Crippen LogP contribution in [0.25, 0.3) is 0 Å². The molecule has 1 saturated heterocycles. The number of nitrogens with one attached hydrogen (secondary N) is 2. The normalized spacial score (nSPS) is 22.6. The molecular formula is C11H16N2OS. The predicted molar refractivity (Wildman–Crippen MR) is 61.9 cm³/mol. The lowest BCUT2D eigenvalue weighted by Crippen LogP contribution is -2.41. The highest BCUT2D eigenvalue weighted by atomic mass is 32.1. The largest absolute Gasteiger partial charge is 0.347 e. The highest BCUT2D eigenvalue weighted by Gasteiger charge is 2.23. The standard InChI is InChI=1S/C11H16N2OS/c1-8(10-5-3-7-15-10)13-11(14)9-4-2-6-12-9/h3,5,7-9,12H,2,4,6H2,1H3,(H,13,14)/t8?,9-/m0/s1. The first kappa shape index (κ1) is 10.6. The Bertz CT molecular complexity index is 317. The van der Waals surface area contributed by atoms with Crippen molar-refractivity contribution in [2.24, 2.45) is 0 Å². The van der Waals surface area contributed by atoms with Gasteiger partial charge in [-0.25, -0.2) is 0 Å². The van der Waals surface area contributed by atoms with Gasteiger partial charge < -0.3 is 10.6 Å². The molecular weight excluding hydrogens is 208 g/mol. The van der Waals surface area contributed by atoms with Crippen LogP contribution in [0.1, 0.15) is 30.7 Å². The smallest absolute Gasteiger partial charge is 0.237 e. The van der Waals surface area contributed by atoms with Crippen LogP contribution < -0.4 is 10.6 Å². The van der Waals surface area contributed by atoms with Gasteiger partial charge in [-0.05, 0) is 37.8 Å². The third-order valence-electron chi connectivity index (χ3n) is 2.71. The Hall–Kier alpha value is -0.870. The molecule has 0 aliphatic carbocycles. The second kappa shape index (κ2) is 4.77. The van der Waals surface area contributed by atoms with E-state index >= 15 is 0 Å². The van der Waals surface area contributed by atoms with E-state index in [-0.39, 0.29) is 18.0 Å². The minimum absolute atomic E-state index is 0.0208. The summed E-state index contributed by atoms with van der Waals surface area (Å²) in [7, 11) is 0. The quantitative estimate of drug-likeness (QED) is 0.820. The average Bonchev–Trinajstić information content (AvgIpc) is 2.91. The Morgan fingerprint density at radius 1 is 1.73 bits per heavy atom. The van der Waals surface area contributed by atoms with Crippen LogP contribution in [-0.2, 0) is 4.79 Å². The maximum absolute atomic E-state index is 11.8. The molecule has 15 heavy (non-hydrogen) atoms. The second-order valence-corrected chi connectivity index (χ2v) is 4.87. The molecule has 1 fully saturated rings. The van der Waals surface area contributed by atoms with Crippen LogP contribution in [0, 0.1) is 0 Å². The summed E-state index contributed by atoms with van der Waals surface area (Å²) in [6, 6.07) is 4.21. The first-order valence-corrected chi connectivity index (χ1v) is 6.22. The van der Waals surface area contributed by atoms with Crippen molar-refractivity contribution >= 4 is 17.2 Å². The predicted octanol–water partition coefficient (Wildman–Crippen LogP) is 1.68. The summed E-state index contributed by atoms with van der Waals surface area (Å²) in [4.78, 5) is 13.0. The van der Waals surface area contributed by atoms with Gasteiger partial charge >= 0.3 is 0 Å². The van der Waals surface area contributed by atoms with Gasteiger partial charge in [0.2, 0.25) is 5.91 Å². The molecule has 2 N–H and O–H groups in total. The molecule has 1 aliphatic rings. The van der Waals surface area contributed by atoms with Gasteiger partial charge in [-0.3, -0.25) is 4.79 Å². The summed E-state index contributed by atoms with van der Waals surface area (Å²) < 4.78 is 0. The van der Waals surface area contributed by atoms with E-state index in [1.165, 1.54) is 4.88 Å². The molecule has 3 nitrogen and oxygen atoms in total. The minimum atomic E-state index is 0.0208. The third kappa shape index (κ3) is 2.58. The molecule has 2 rings (SSSR count). The van der Waals surface area contributed by atoms with E-state index in [9.17, 15) is 4.79 Å². The number of carbonyl (C=O) groups excluding carboxylic acids is 1. The van der Waals surface area contributed by atoms with Gasteiger partial charge in [-0.15, -0.1) is 11.3 Å². The van der Waals surface area contributed by atoms with E-state index in [4.69, 9.17) is 0 Å². The third-order valence-corrected chi connectivity index (χ3v) is 3.76. The molecule has 0 aromatic carbocycles. The second-order valence-electron chi connectivity index (χ2n) is 3.89. The van der Waals surface area contributed by atoms with E-state index in [0.717, 1.165) is 19.4 Å². The maximum atomic E-state index is 11.8. The molecule has 0 saturated carbocycles. The van der Waals surface area contributed by atoms with Gasteiger partial charge in [0.15, 0.2) is 0 Å². The van der Waals surface area contributed by atoms with Crippen LogP contribution in [0.4, 0.5) is 0 Å². The first-order chi connectivity index (χ1) is 7.27. The van der Waals surface area contributed by atoms with Crippen LogP contribution in [0.5, 0.6) is 0 Å². The zero-order valence-corrected chi connectivity index (χ0v) is 9.64. The van der Waals surface area contributed by atoms with Crippen molar-refractivity contribution in [2.45, 2.75) is 31.8 Å². The molecule has 0 spiro atoms. The first-order valence-electron chi connectivity index (χ1n) is 5.34. The van der Waals surface area contributed by atoms with Gasteiger partial charge in [0.25, 0.3) is 0 Å². The lowest BCUT2D eigenvalue weighted by molar-refractivity contribution is -0.123. The van der Waals surface area contributed by atoms with Crippen LogP contribution in [-0.4, -0.2) is 18.5 Å². The van der Waals surface area contributed by atoms with Gasteiger partial charge in [-0.1, -0.05) is 6.07 Å². The molecule has 2 atom stereocenters. The number of carbonyl (C=O) groups is 1. The van der Waals surface area contributed by atoms with Crippen LogP contribution in [0.3, 0.4) is 0 Å². The molecule has 0 radical (unpaired) electrons. The van der Waals surface area contributed by atoms with E-state index in [0.29, 0.717) is 0 Å². The zero-order valence-electron chi connectivity index (χ0n) is 8.82. The van der Waals surface area contributed by atoms with Gasteiger partial charge in [0.05, 0.1) is 12.1 Å². The fraction of sp³-hybridized carbons (Fsp3) is 0.545. The Kier molecular flexibility index (Phi) is 3.38. The van der Waals surface area contributed by atoms with Crippen LogP contribution >= 0.6 is 11.3 Å². The number of hydrogen-bond donors (Lipinski definition) is 2. The highest BCUT2D eigenvalue weighted by Crippen LogP contribution is 2.18. The van der Waals surface area contributed by atoms with Crippen molar-refractivity contribution in [3.05, 3.63) is 22.4 Å². The molecule has 1 amide bonds. The summed E-state index contributed by atoms with van der Waals surface area (Å²) in [5, 5.41) is 8.27. The van der Waals surface area contributed by atoms with E-state index in [1.54, 1.807) is 11.3 Å². The topological polar surface area (TPSA) is 41.1 Å².